The highest BCUT2D eigenvalue weighted by molar-refractivity contribution is 7.94. The number of aliphatic carboxylic acids is 1. The van der Waals surface area contributed by atoms with Crippen LogP contribution in [0.15, 0.2) is 35.2 Å². The summed E-state index contributed by atoms with van der Waals surface area (Å²) in [6.45, 7) is 1.08. The van der Waals surface area contributed by atoms with Gasteiger partial charge in [-0.3, -0.25) is 10.2 Å². The Balaban J connectivity index is 0. The second-order valence-corrected chi connectivity index (χ2v) is 2.99. The van der Waals surface area contributed by atoms with Gasteiger partial charge < -0.3 is 16.6 Å². The Morgan fingerprint density at radius 3 is 1.88 bits per heavy atom. The second kappa shape index (κ2) is 11.3. The monoisotopic (exact) mass is 247 g/mol. The van der Waals surface area contributed by atoms with Gasteiger partial charge in [0.1, 0.15) is 0 Å². The topological polar surface area (TPSA) is 113 Å². The molecule has 16 heavy (non-hydrogen) atoms. The third-order valence-electron chi connectivity index (χ3n) is 0.832. The first-order chi connectivity index (χ1) is 7.40. The molecule has 1 aromatic carbocycles. The minimum atomic E-state index is -0.833. The Bertz CT molecular complexity index is 289. The van der Waals surface area contributed by atoms with E-state index in [2.05, 4.69) is 11.5 Å². The first-order valence-electron chi connectivity index (χ1n) is 4.02. The lowest BCUT2D eigenvalue weighted by Gasteiger charge is -1.85. The van der Waals surface area contributed by atoms with Gasteiger partial charge in [-0.25, -0.2) is 0 Å². The number of hydrogen-bond donors (Lipinski definition) is 4. The highest BCUT2D eigenvalue weighted by Gasteiger charge is 1.84. The van der Waals surface area contributed by atoms with Crippen LogP contribution in [0.25, 0.3) is 0 Å². The van der Waals surface area contributed by atoms with E-state index in [0.29, 0.717) is 4.90 Å². The van der Waals surface area contributed by atoms with Crippen molar-refractivity contribution in [1.29, 1.82) is 5.41 Å². The molecule has 5 nitrogen and oxygen atoms in total. The van der Waals surface area contributed by atoms with E-state index in [1.165, 1.54) is 0 Å². The standard InChI is InChI=1S/C6H5FS.C2H4O2.CH5N3/c7-8-6-4-2-1-3-5-6;1-2(3)4;2-1(3)4/h1-5H;1H3,(H,3,4);(H5,2,3,4). The average molecular weight is 247 g/mol. The van der Waals surface area contributed by atoms with E-state index in [-0.39, 0.29) is 18.1 Å². The molecule has 0 aliphatic heterocycles. The fourth-order valence-corrected chi connectivity index (χ4v) is 0.732. The summed E-state index contributed by atoms with van der Waals surface area (Å²) in [6.07, 6.45) is 0. The number of carbonyl (C=O) groups is 1. The lowest BCUT2D eigenvalue weighted by molar-refractivity contribution is -0.134. The van der Waals surface area contributed by atoms with Crippen molar-refractivity contribution in [3.63, 3.8) is 0 Å². The molecule has 6 N–H and O–H groups in total. The molecule has 0 spiro atoms. The van der Waals surface area contributed by atoms with E-state index in [1.54, 1.807) is 12.1 Å². The molecule has 0 aromatic heterocycles. The van der Waals surface area contributed by atoms with Crippen LogP contribution in [0.1, 0.15) is 6.92 Å². The van der Waals surface area contributed by atoms with Crippen LogP contribution in [0.2, 0.25) is 0 Å². The lowest BCUT2D eigenvalue weighted by Crippen LogP contribution is -2.20. The number of rotatable bonds is 1. The number of nitrogens with one attached hydrogen (secondary N) is 1. The molecule has 0 radical (unpaired) electrons. The molecule has 0 saturated carbocycles. The Labute approximate surface area is 97.4 Å². The molecule has 0 saturated heterocycles. The van der Waals surface area contributed by atoms with Gasteiger partial charge >= 0.3 is 0 Å². The van der Waals surface area contributed by atoms with Gasteiger partial charge in [0.15, 0.2) is 5.96 Å². The molecule has 0 amide bonds. The van der Waals surface area contributed by atoms with Crippen molar-refractivity contribution in [1.82, 2.24) is 0 Å². The summed E-state index contributed by atoms with van der Waals surface area (Å²) < 4.78 is 11.6. The fraction of sp³-hybridized carbons (Fsp3) is 0.111. The number of guanidine groups is 1. The summed E-state index contributed by atoms with van der Waals surface area (Å²) in [4.78, 5) is 9.66. The Morgan fingerprint density at radius 2 is 1.69 bits per heavy atom. The van der Waals surface area contributed by atoms with E-state index in [0.717, 1.165) is 6.92 Å². The normalized spacial score (nSPS) is 7.62. The van der Waals surface area contributed by atoms with E-state index in [1.807, 2.05) is 18.2 Å². The van der Waals surface area contributed by atoms with Gasteiger partial charge in [-0.15, -0.1) is 0 Å². The summed E-state index contributed by atoms with van der Waals surface area (Å²) in [5, 5.41) is 13.5. The highest BCUT2D eigenvalue weighted by atomic mass is 32.2. The van der Waals surface area contributed by atoms with Gasteiger partial charge in [0, 0.05) is 11.8 Å². The van der Waals surface area contributed by atoms with E-state index in [9.17, 15) is 3.89 Å². The summed E-state index contributed by atoms with van der Waals surface area (Å²) in [6, 6.07) is 8.93. The van der Waals surface area contributed by atoms with Crippen LogP contribution >= 0.6 is 12.1 Å². The van der Waals surface area contributed by atoms with Gasteiger partial charge in [-0.1, -0.05) is 18.2 Å². The number of benzene rings is 1. The first-order valence-corrected chi connectivity index (χ1v) is 4.74. The van der Waals surface area contributed by atoms with Gasteiger partial charge in [0.25, 0.3) is 5.97 Å². The van der Waals surface area contributed by atoms with Gasteiger partial charge in [0.05, 0.1) is 12.1 Å². The number of hydrogen-bond acceptors (Lipinski definition) is 3. The van der Waals surface area contributed by atoms with Crippen LogP contribution in [0, 0.1) is 5.41 Å². The molecule has 0 atom stereocenters. The maximum Gasteiger partial charge on any atom is 0.300 e. The van der Waals surface area contributed by atoms with Crippen molar-refractivity contribution < 1.29 is 13.8 Å². The molecule has 0 fully saturated rings. The third kappa shape index (κ3) is 22.8. The lowest BCUT2D eigenvalue weighted by atomic mass is 10.4. The molecule has 0 heterocycles. The number of nitrogens with two attached hydrogens (primary N) is 2. The Kier molecular flexibility index (Phi) is 11.8. The minimum absolute atomic E-state index is 0.269. The van der Waals surface area contributed by atoms with Crippen LogP contribution in [0.3, 0.4) is 0 Å². The van der Waals surface area contributed by atoms with Crippen LogP contribution in [-0.2, 0) is 4.79 Å². The molecule has 0 aliphatic rings. The quantitative estimate of drug-likeness (QED) is 0.444. The number of carboxylic acids is 1. The number of carboxylic acid groups (broad SMARTS) is 1. The maximum atomic E-state index is 11.6. The van der Waals surface area contributed by atoms with Crippen LogP contribution in [0.5, 0.6) is 0 Å². The molecule has 90 valence electrons. The number of halogens is 1. The predicted octanol–water partition coefficient (Wildman–Crippen LogP) is 1.59. The zero-order chi connectivity index (χ0) is 13.0. The van der Waals surface area contributed by atoms with Crippen molar-refractivity contribution in [3.05, 3.63) is 30.3 Å². The first kappa shape index (κ1) is 16.7. The fourth-order valence-electron chi connectivity index (χ4n) is 0.472. The molecular weight excluding hydrogens is 233 g/mol. The smallest absolute Gasteiger partial charge is 0.300 e. The molecule has 0 unspecified atom stereocenters. The van der Waals surface area contributed by atoms with E-state index < -0.39 is 5.97 Å². The van der Waals surface area contributed by atoms with E-state index in [4.69, 9.17) is 15.3 Å². The van der Waals surface area contributed by atoms with Gasteiger partial charge in [-0.2, -0.15) is 3.89 Å². The maximum absolute atomic E-state index is 11.6. The molecule has 0 bridgehead atoms. The zero-order valence-electron chi connectivity index (χ0n) is 8.68. The Hall–Kier alpha value is -1.76. The van der Waals surface area contributed by atoms with Gasteiger partial charge in [-0.05, 0) is 12.1 Å². The molecule has 1 rings (SSSR count). The second-order valence-electron chi connectivity index (χ2n) is 2.36. The average Bonchev–Trinajstić information content (AvgIpc) is 2.17. The van der Waals surface area contributed by atoms with Crippen LogP contribution in [-0.4, -0.2) is 17.0 Å². The van der Waals surface area contributed by atoms with Crippen LogP contribution < -0.4 is 11.5 Å². The summed E-state index contributed by atoms with van der Waals surface area (Å²) >= 11 is 0.269. The summed E-state index contributed by atoms with van der Waals surface area (Å²) in [5.41, 5.74) is 8.94. The molecular formula is C9H14FN3O2S. The summed E-state index contributed by atoms with van der Waals surface area (Å²) in [7, 11) is 0. The third-order valence-corrected chi connectivity index (χ3v) is 1.28. The van der Waals surface area contributed by atoms with Crippen molar-refractivity contribution in [2.24, 2.45) is 11.5 Å². The largest absolute Gasteiger partial charge is 0.481 e. The minimum Gasteiger partial charge on any atom is -0.481 e. The summed E-state index contributed by atoms with van der Waals surface area (Å²) in [5.74, 6) is -1.17. The van der Waals surface area contributed by atoms with E-state index >= 15 is 0 Å². The van der Waals surface area contributed by atoms with Crippen molar-refractivity contribution in [2.75, 3.05) is 0 Å². The van der Waals surface area contributed by atoms with Crippen molar-refractivity contribution in [2.45, 2.75) is 11.8 Å². The molecule has 1 aromatic rings. The SMILES string of the molecule is CC(=O)O.FSc1ccccc1.N=C(N)N. The zero-order valence-corrected chi connectivity index (χ0v) is 9.50. The van der Waals surface area contributed by atoms with Crippen molar-refractivity contribution in [3.8, 4) is 0 Å². The van der Waals surface area contributed by atoms with Crippen LogP contribution in [0.4, 0.5) is 3.89 Å². The van der Waals surface area contributed by atoms with Crippen molar-refractivity contribution >= 4 is 24.1 Å². The Morgan fingerprint density at radius 1 is 1.38 bits per heavy atom. The molecule has 7 heteroatoms. The predicted molar refractivity (Wildman–Crippen MR) is 62.8 cm³/mol. The molecule has 0 aliphatic carbocycles. The highest BCUT2D eigenvalue weighted by Crippen LogP contribution is 2.16. The van der Waals surface area contributed by atoms with Gasteiger partial charge in [0.2, 0.25) is 0 Å².